The van der Waals surface area contributed by atoms with Crippen molar-refractivity contribution in [1.29, 1.82) is 5.26 Å². The van der Waals surface area contributed by atoms with Crippen molar-refractivity contribution in [3.63, 3.8) is 0 Å². The first-order chi connectivity index (χ1) is 15.0. The molecule has 0 saturated carbocycles. The van der Waals surface area contributed by atoms with Crippen LogP contribution in [-0.2, 0) is 4.79 Å². The third kappa shape index (κ3) is 3.79. The van der Waals surface area contributed by atoms with Crippen LogP contribution in [0.1, 0.15) is 27.0 Å². The van der Waals surface area contributed by atoms with E-state index in [1.54, 1.807) is 49.5 Å². The maximum absolute atomic E-state index is 14.6. The van der Waals surface area contributed by atoms with E-state index in [9.17, 15) is 14.0 Å². The number of nitrogens with zero attached hydrogens (tertiary/aromatic N) is 3. The standard InChI is InChI=1S/C24H17FN4O2/c1-29-20-9-5-3-7-18(20)21(17-6-2-4-8-19(17)25)27-22(24(29)31)28-23(30)16-12-10-15(14-26)11-13-16/h2-13,22H,1H3,(H,28,30)/t22-/m1/s1. The molecule has 1 heterocycles. The fourth-order valence-electron chi connectivity index (χ4n) is 3.39. The highest BCUT2D eigenvalue weighted by molar-refractivity contribution is 6.20. The normalized spacial score (nSPS) is 15.4. The van der Waals surface area contributed by atoms with Gasteiger partial charge in [0.05, 0.1) is 23.0 Å². The second-order valence-corrected chi connectivity index (χ2v) is 6.94. The summed E-state index contributed by atoms with van der Waals surface area (Å²) < 4.78 is 14.6. The fourth-order valence-corrected chi connectivity index (χ4v) is 3.39. The Bertz CT molecular complexity index is 1240. The Labute approximate surface area is 178 Å². The van der Waals surface area contributed by atoms with Crippen molar-refractivity contribution in [2.24, 2.45) is 4.99 Å². The summed E-state index contributed by atoms with van der Waals surface area (Å²) in [4.78, 5) is 31.7. The Morgan fingerprint density at radius 3 is 2.35 bits per heavy atom. The maximum Gasteiger partial charge on any atom is 0.272 e. The molecule has 4 rings (SSSR count). The minimum atomic E-state index is -1.25. The molecule has 1 aliphatic heterocycles. The van der Waals surface area contributed by atoms with Crippen molar-refractivity contribution in [2.75, 3.05) is 11.9 Å². The number of amides is 2. The number of benzodiazepines with no additional fused rings is 1. The molecular formula is C24H17FN4O2. The molecule has 7 heteroatoms. The number of likely N-dealkylation sites (N-methyl/N-ethyl adjacent to an activating group) is 1. The minimum absolute atomic E-state index is 0.232. The molecule has 0 bridgehead atoms. The second-order valence-electron chi connectivity index (χ2n) is 6.94. The number of nitrogens with one attached hydrogen (secondary N) is 1. The number of para-hydroxylation sites is 1. The van der Waals surface area contributed by atoms with E-state index in [1.807, 2.05) is 6.07 Å². The summed E-state index contributed by atoms with van der Waals surface area (Å²) in [5.74, 6) is -1.47. The quantitative estimate of drug-likeness (QED) is 0.717. The molecule has 2 amide bonds. The molecular weight excluding hydrogens is 395 g/mol. The molecule has 6 nitrogen and oxygen atoms in total. The predicted molar refractivity (Wildman–Crippen MR) is 114 cm³/mol. The van der Waals surface area contributed by atoms with E-state index in [2.05, 4.69) is 10.3 Å². The molecule has 0 aliphatic carbocycles. The number of aliphatic imine (C=N–C) groups is 1. The second kappa shape index (κ2) is 8.20. The lowest BCUT2D eigenvalue weighted by molar-refractivity contribution is -0.119. The highest BCUT2D eigenvalue weighted by Crippen LogP contribution is 2.28. The monoisotopic (exact) mass is 412 g/mol. The highest BCUT2D eigenvalue weighted by Gasteiger charge is 2.31. The van der Waals surface area contributed by atoms with Gasteiger partial charge in [-0.1, -0.05) is 30.3 Å². The van der Waals surface area contributed by atoms with E-state index < -0.39 is 23.8 Å². The van der Waals surface area contributed by atoms with Gasteiger partial charge >= 0.3 is 0 Å². The number of nitriles is 1. The number of anilines is 1. The summed E-state index contributed by atoms with van der Waals surface area (Å²) in [7, 11) is 1.59. The minimum Gasteiger partial charge on any atom is -0.322 e. The SMILES string of the molecule is CN1C(=O)[C@@H](NC(=O)c2ccc(C#N)cc2)N=C(c2ccccc2F)c2ccccc21. The van der Waals surface area contributed by atoms with Gasteiger partial charge in [-0.05, 0) is 42.5 Å². The van der Waals surface area contributed by atoms with Crippen molar-refractivity contribution in [2.45, 2.75) is 6.17 Å². The molecule has 0 saturated heterocycles. The van der Waals surface area contributed by atoms with Crippen LogP contribution in [0.25, 0.3) is 0 Å². The number of halogens is 1. The molecule has 0 fully saturated rings. The van der Waals surface area contributed by atoms with E-state index >= 15 is 0 Å². The van der Waals surface area contributed by atoms with Crippen molar-refractivity contribution < 1.29 is 14.0 Å². The van der Waals surface area contributed by atoms with Gasteiger partial charge < -0.3 is 10.2 Å². The number of carbonyl (C=O) groups is 2. The topological polar surface area (TPSA) is 85.6 Å². The third-order valence-electron chi connectivity index (χ3n) is 5.02. The number of hydrogen-bond acceptors (Lipinski definition) is 4. The molecule has 3 aromatic carbocycles. The van der Waals surface area contributed by atoms with Gasteiger partial charge in [-0.3, -0.25) is 9.59 Å². The smallest absolute Gasteiger partial charge is 0.272 e. The van der Waals surface area contributed by atoms with E-state index in [-0.39, 0.29) is 16.8 Å². The Morgan fingerprint density at radius 2 is 1.68 bits per heavy atom. The molecule has 0 radical (unpaired) electrons. The molecule has 31 heavy (non-hydrogen) atoms. The van der Waals surface area contributed by atoms with Gasteiger partial charge in [-0.25, -0.2) is 9.38 Å². The van der Waals surface area contributed by atoms with Crippen LogP contribution in [0.4, 0.5) is 10.1 Å². The van der Waals surface area contributed by atoms with Gasteiger partial charge in [0.25, 0.3) is 11.8 Å². The number of fused-ring (bicyclic) bond motifs is 1. The van der Waals surface area contributed by atoms with Crippen LogP contribution in [0, 0.1) is 17.1 Å². The zero-order valence-electron chi connectivity index (χ0n) is 16.5. The van der Waals surface area contributed by atoms with Crippen LogP contribution < -0.4 is 10.2 Å². The van der Waals surface area contributed by atoms with E-state index in [0.717, 1.165) is 0 Å². The summed E-state index contributed by atoms with van der Waals surface area (Å²) in [6.07, 6.45) is -1.25. The van der Waals surface area contributed by atoms with Crippen LogP contribution >= 0.6 is 0 Å². The Balaban J connectivity index is 1.78. The third-order valence-corrected chi connectivity index (χ3v) is 5.02. The zero-order chi connectivity index (χ0) is 22.0. The lowest BCUT2D eigenvalue weighted by Crippen LogP contribution is -2.46. The van der Waals surface area contributed by atoms with Crippen LogP contribution in [-0.4, -0.2) is 30.7 Å². The molecule has 3 aromatic rings. The number of carbonyl (C=O) groups excluding carboxylic acids is 2. The molecule has 0 aromatic heterocycles. The zero-order valence-corrected chi connectivity index (χ0v) is 16.5. The number of hydrogen-bond donors (Lipinski definition) is 1. The van der Waals surface area contributed by atoms with Gasteiger partial charge in [-0.2, -0.15) is 5.26 Å². The van der Waals surface area contributed by atoms with Gasteiger partial charge in [0, 0.05) is 23.7 Å². The largest absolute Gasteiger partial charge is 0.322 e. The molecule has 0 spiro atoms. The Kier molecular flexibility index (Phi) is 5.29. The summed E-state index contributed by atoms with van der Waals surface area (Å²) in [5.41, 5.74) is 2.34. The average Bonchev–Trinajstić information content (AvgIpc) is 2.90. The molecule has 1 N–H and O–H groups in total. The van der Waals surface area contributed by atoms with Crippen molar-refractivity contribution >= 4 is 23.2 Å². The summed E-state index contributed by atoms with van der Waals surface area (Å²) >= 11 is 0. The number of benzene rings is 3. The Hall–Kier alpha value is -4.31. The fraction of sp³-hybridized carbons (Fsp3) is 0.0833. The van der Waals surface area contributed by atoms with Crippen LogP contribution in [0.15, 0.2) is 77.8 Å². The van der Waals surface area contributed by atoms with Gasteiger partial charge in [0.15, 0.2) is 0 Å². The van der Waals surface area contributed by atoms with Crippen LogP contribution in [0.5, 0.6) is 0 Å². The van der Waals surface area contributed by atoms with E-state index in [0.29, 0.717) is 16.8 Å². The van der Waals surface area contributed by atoms with E-state index in [1.165, 1.54) is 35.2 Å². The first-order valence-corrected chi connectivity index (χ1v) is 9.50. The first kappa shape index (κ1) is 20.0. The lowest BCUT2D eigenvalue weighted by Gasteiger charge is -2.20. The first-order valence-electron chi connectivity index (χ1n) is 9.50. The van der Waals surface area contributed by atoms with Crippen molar-refractivity contribution in [3.8, 4) is 6.07 Å². The lowest BCUT2D eigenvalue weighted by atomic mass is 10.00. The van der Waals surface area contributed by atoms with Crippen LogP contribution in [0.3, 0.4) is 0 Å². The van der Waals surface area contributed by atoms with Crippen molar-refractivity contribution in [1.82, 2.24) is 5.32 Å². The van der Waals surface area contributed by atoms with Gasteiger partial charge in [0.2, 0.25) is 6.17 Å². The summed E-state index contributed by atoms with van der Waals surface area (Å²) in [6.45, 7) is 0. The molecule has 1 aliphatic rings. The van der Waals surface area contributed by atoms with Crippen molar-refractivity contribution in [3.05, 3.63) is 101 Å². The molecule has 1 atom stereocenters. The highest BCUT2D eigenvalue weighted by atomic mass is 19.1. The van der Waals surface area contributed by atoms with Crippen LogP contribution in [0.2, 0.25) is 0 Å². The molecule has 152 valence electrons. The molecule has 0 unspecified atom stereocenters. The predicted octanol–water partition coefficient (Wildman–Crippen LogP) is 3.27. The summed E-state index contributed by atoms with van der Waals surface area (Å²) in [6, 6.07) is 21.2. The maximum atomic E-state index is 14.6. The van der Waals surface area contributed by atoms with Gasteiger partial charge in [0.1, 0.15) is 5.82 Å². The summed E-state index contributed by atoms with van der Waals surface area (Å²) in [5, 5.41) is 11.5. The average molecular weight is 412 g/mol. The van der Waals surface area contributed by atoms with Gasteiger partial charge in [-0.15, -0.1) is 0 Å². The Morgan fingerprint density at radius 1 is 1.03 bits per heavy atom. The number of rotatable bonds is 3. The van der Waals surface area contributed by atoms with E-state index in [4.69, 9.17) is 5.26 Å².